The fourth-order valence-corrected chi connectivity index (χ4v) is 1.20. The molecule has 0 saturated carbocycles. The van der Waals surface area contributed by atoms with Crippen LogP contribution >= 0.6 is 0 Å². The molecule has 0 radical (unpaired) electrons. The minimum Gasteiger partial charge on any atom is -0.501 e. The molecule has 0 amide bonds. The monoisotopic (exact) mass is 200 g/mol. The van der Waals surface area contributed by atoms with Crippen LogP contribution in [-0.4, -0.2) is 36.2 Å². The number of carboxylic acid groups (broad SMARTS) is 1. The van der Waals surface area contributed by atoms with Gasteiger partial charge in [0.2, 0.25) is 0 Å². The predicted octanol–water partition coefficient (Wildman–Crippen LogP) is 0.266. The van der Waals surface area contributed by atoms with Gasteiger partial charge in [-0.1, -0.05) is 0 Å². The van der Waals surface area contributed by atoms with Gasteiger partial charge in [0.1, 0.15) is 5.76 Å². The molecule has 1 unspecified atom stereocenters. The molecule has 0 fully saturated rings. The molecule has 0 aromatic carbocycles. The highest BCUT2D eigenvalue weighted by Gasteiger charge is 2.31. The van der Waals surface area contributed by atoms with E-state index in [-0.39, 0.29) is 12.0 Å². The number of hydrogen-bond donors (Lipinski definition) is 2. The Kier molecular flexibility index (Phi) is 2.93. The maximum Gasteiger partial charge on any atom is 0.335 e. The van der Waals surface area contributed by atoms with E-state index in [0.29, 0.717) is 5.76 Å². The van der Waals surface area contributed by atoms with Crippen molar-refractivity contribution in [3.8, 4) is 0 Å². The van der Waals surface area contributed by atoms with Crippen LogP contribution in [0.5, 0.6) is 0 Å². The Hall–Kier alpha value is -1.33. The standard InChI is InChI=1S/C9H12O5/c1-13-7-3-6(8(10)11)4-9(12,5-7)14-2/h3-4,12H,5H2,1-2H3,(H,10,11). The number of ether oxygens (including phenoxy) is 2. The Bertz CT molecular complexity index is 304. The van der Waals surface area contributed by atoms with E-state index in [0.717, 1.165) is 6.08 Å². The molecule has 0 saturated heterocycles. The van der Waals surface area contributed by atoms with Gasteiger partial charge in [0.15, 0.2) is 5.79 Å². The molecule has 0 bridgehead atoms. The highest BCUT2D eigenvalue weighted by Crippen LogP contribution is 2.27. The molecule has 1 aliphatic rings. The average molecular weight is 200 g/mol. The predicted molar refractivity (Wildman–Crippen MR) is 47.4 cm³/mol. The number of carboxylic acids is 1. The third-order valence-electron chi connectivity index (χ3n) is 1.99. The van der Waals surface area contributed by atoms with Crippen LogP contribution in [0.2, 0.25) is 0 Å². The van der Waals surface area contributed by atoms with Crippen LogP contribution in [0.3, 0.4) is 0 Å². The highest BCUT2D eigenvalue weighted by atomic mass is 16.6. The van der Waals surface area contributed by atoms with Gasteiger partial charge in [-0.3, -0.25) is 0 Å². The van der Waals surface area contributed by atoms with Crippen molar-refractivity contribution in [1.82, 2.24) is 0 Å². The first-order chi connectivity index (χ1) is 6.50. The van der Waals surface area contributed by atoms with Crippen LogP contribution in [0.15, 0.2) is 23.5 Å². The average Bonchev–Trinajstić information content (AvgIpc) is 2.17. The molecule has 5 heteroatoms. The lowest BCUT2D eigenvalue weighted by molar-refractivity contribution is -0.153. The first kappa shape index (κ1) is 10.7. The van der Waals surface area contributed by atoms with Crippen LogP contribution < -0.4 is 0 Å². The summed E-state index contributed by atoms with van der Waals surface area (Å²) in [4.78, 5) is 10.7. The van der Waals surface area contributed by atoms with Crippen molar-refractivity contribution in [2.24, 2.45) is 0 Å². The molecule has 5 nitrogen and oxygen atoms in total. The Morgan fingerprint density at radius 2 is 2.21 bits per heavy atom. The van der Waals surface area contributed by atoms with Gasteiger partial charge in [0.25, 0.3) is 0 Å². The highest BCUT2D eigenvalue weighted by molar-refractivity contribution is 5.90. The topological polar surface area (TPSA) is 76.0 Å². The fourth-order valence-electron chi connectivity index (χ4n) is 1.20. The van der Waals surface area contributed by atoms with Crippen LogP contribution in [0.25, 0.3) is 0 Å². The smallest absolute Gasteiger partial charge is 0.335 e. The normalized spacial score (nSPS) is 26.5. The molecule has 0 spiro atoms. The molecular weight excluding hydrogens is 188 g/mol. The number of methoxy groups -OCH3 is 2. The van der Waals surface area contributed by atoms with Crippen molar-refractivity contribution in [2.75, 3.05) is 14.2 Å². The second-order valence-electron chi connectivity index (χ2n) is 2.95. The summed E-state index contributed by atoms with van der Waals surface area (Å²) in [6.45, 7) is 0. The van der Waals surface area contributed by atoms with Crippen LogP contribution in [0, 0.1) is 0 Å². The quantitative estimate of drug-likeness (QED) is 0.639. The zero-order valence-electron chi connectivity index (χ0n) is 7.98. The van der Waals surface area contributed by atoms with Gasteiger partial charge in [-0.2, -0.15) is 0 Å². The van der Waals surface area contributed by atoms with Crippen LogP contribution in [0.4, 0.5) is 0 Å². The van der Waals surface area contributed by atoms with Gasteiger partial charge in [-0.15, -0.1) is 0 Å². The lowest BCUT2D eigenvalue weighted by atomic mass is 10.00. The number of aliphatic carboxylic acids is 1. The largest absolute Gasteiger partial charge is 0.501 e. The molecule has 1 rings (SSSR count). The summed E-state index contributed by atoms with van der Waals surface area (Å²) < 4.78 is 9.67. The summed E-state index contributed by atoms with van der Waals surface area (Å²) in [5.41, 5.74) is -0.0440. The van der Waals surface area contributed by atoms with Crippen molar-refractivity contribution in [3.63, 3.8) is 0 Å². The molecule has 0 aromatic heterocycles. The maximum atomic E-state index is 10.7. The summed E-state index contributed by atoms with van der Waals surface area (Å²) in [6, 6.07) is 0. The van der Waals surface area contributed by atoms with Gasteiger partial charge in [-0.25, -0.2) is 4.79 Å². The molecule has 0 aliphatic heterocycles. The minimum absolute atomic E-state index is 0.0440. The van der Waals surface area contributed by atoms with Crippen LogP contribution in [0.1, 0.15) is 6.42 Å². The van der Waals surface area contributed by atoms with Gasteiger partial charge in [-0.05, 0) is 12.2 Å². The first-order valence-corrected chi connectivity index (χ1v) is 3.99. The molecule has 0 heterocycles. The van der Waals surface area contributed by atoms with E-state index in [4.69, 9.17) is 14.6 Å². The number of hydrogen-bond acceptors (Lipinski definition) is 4. The van der Waals surface area contributed by atoms with E-state index >= 15 is 0 Å². The van der Waals surface area contributed by atoms with Gasteiger partial charge >= 0.3 is 5.97 Å². The summed E-state index contributed by atoms with van der Waals surface area (Å²) in [7, 11) is 2.71. The summed E-state index contributed by atoms with van der Waals surface area (Å²) in [5.74, 6) is -2.35. The zero-order valence-corrected chi connectivity index (χ0v) is 7.98. The number of rotatable bonds is 3. The van der Waals surface area contributed by atoms with Gasteiger partial charge in [0, 0.05) is 7.11 Å². The zero-order chi connectivity index (χ0) is 10.8. The molecule has 1 atom stereocenters. The molecular formula is C9H12O5. The third kappa shape index (κ3) is 2.12. The lowest BCUT2D eigenvalue weighted by Crippen LogP contribution is -2.32. The van der Waals surface area contributed by atoms with E-state index in [1.54, 1.807) is 0 Å². The number of aliphatic hydroxyl groups is 1. The second kappa shape index (κ2) is 3.81. The Morgan fingerprint density at radius 3 is 2.64 bits per heavy atom. The van der Waals surface area contributed by atoms with Crippen molar-refractivity contribution in [3.05, 3.63) is 23.5 Å². The Labute approximate surface area is 81.3 Å². The van der Waals surface area contributed by atoms with Gasteiger partial charge in [0.05, 0.1) is 19.1 Å². The van der Waals surface area contributed by atoms with E-state index in [1.807, 2.05) is 0 Å². The summed E-state index contributed by atoms with van der Waals surface area (Å²) >= 11 is 0. The van der Waals surface area contributed by atoms with Crippen molar-refractivity contribution >= 4 is 5.97 Å². The van der Waals surface area contributed by atoms with Gasteiger partial charge < -0.3 is 19.7 Å². The molecule has 1 aliphatic carbocycles. The molecule has 2 N–H and O–H groups in total. The van der Waals surface area contributed by atoms with E-state index < -0.39 is 11.8 Å². The van der Waals surface area contributed by atoms with Crippen LogP contribution in [-0.2, 0) is 14.3 Å². The lowest BCUT2D eigenvalue weighted by Gasteiger charge is -2.27. The Morgan fingerprint density at radius 1 is 1.57 bits per heavy atom. The number of carbonyl (C=O) groups is 1. The Balaban J connectivity index is 3.02. The second-order valence-corrected chi connectivity index (χ2v) is 2.95. The molecule has 78 valence electrons. The SMILES string of the molecule is COC1=CC(C(=O)O)=CC(O)(OC)C1. The van der Waals surface area contributed by atoms with Crippen molar-refractivity contribution in [2.45, 2.75) is 12.2 Å². The van der Waals surface area contributed by atoms with Crippen molar-refractivity contribution in [1.29, 1.82) is 0 Å². The summed E-state index contributed by atoms with van der Waals surface area (Å²) in [5, 5.41) is 18.5. The van der Waals surface area contributed by atoms with Crippen molar-refractivity contribution < 1.29 is 24.5 Å². The van der Waals surface area contributed by atoms with E-state index in [1.165, 1.54) is 20.3 Å². The first-order valence-electron chi connectivity index (χ1n) is 3.99. The van der Waals surface area contributed by atoms with E-state index in [2.05, 4.69) is 0 Å². The third-order valence-corrected chi connectivity index (χ3v) is 1.99. The maximum absolute atomic E-state index is 10.7. The summed E-state index contributed by atoms with van der Waals surface area (Å²) in [6.07, 6.45) is 2.62. The minimum atomic E-state index is -1.59. The van der Waals surface area contributed by atoms with E-state index in [9.17, 15) is 9.90 Å². The fraction of sp³-hybridized carbons (Fsp3) is 0.444. The molecule has 14 heavy (non-hydrogen) atoms. The molecule has 0 aromatic rings.